The van der Waals surface area contributed by atoms with Crippen molar-refractivity contribution in [2.45, 2.75) is 12.2 Å². The van der Waals surface area contributed by atoms with Crippen LogP contribution in [0.4, 0.5) is 0 Å². The lowest BCUT2D eigenvalue weighted by Crippen LogP contribution is -2.28. The fourth-order valence-electron chi connectivity index (χ4n) is 0.671. The topological polar surface area (TPSA) is 29.5 Å². The van der Waals surface area contributed by atoms with E-state index in [-0.39, 0.29) is 0 Å². The van der Waals surface area contributed by atoms with Crippen molar-refractivity contribution in [3.8, 4) is 0 Å². The number of hydrogen-bond acceptors (Lipinski definition) is 2. The maximum absolute atomic E-state index is 9.29. The molecule has 0 spiro atoms. The number of hydrogen-bond donors (Lipinski definition) is 1. The number of rotatable bonds is 1. The zero-order chi connectivity index (χ0) is 6.74. The van der Waals surface area contributed by atoms with Gasteiger partial charge in [-0.05, 0) is 12.2 Å². The van der Waals surface area contributed by atoms with Gasteiger partial charge in [-0.2, -0.15) is 0 Å². The van der Waals surface area contributed by atoms with Crippen LogP contribution in [0.5, 0.6) is 0 Å². The van der Waals surface area contributed by atoms with Crippen LogP contribution in [0.1, 0.15) is 6.42 Å². The molecule has 0 bridgehead atoms. The normalized spacial score (nSPS) is 33.1. The van der Waals surface area contributed by atoms with E-state index < -0.39 is 5.79 Å². The Bertz CT molecular complexity index is 149. The molecule has 9 heavy (non-hydrogen) atoms. The van der Waals surface area contributed by atoms with Crippen LogP contribution in [-0.4, -0.2) is 18.0 Å². The van der Waals surface area contributed by atoms with E-state index in [1.165, 1.54) is 7.11 Å². The van der Waals surface area contributed by atoms with Gasteiger partial charge in [0.2, 0.25) is 0 Å². The van der Waals surface area contributed by atoms with Gasteiger partial charge in [0.15, 0.2) is 5.79 Å². The summed E-state index contributed by atoms with van der Waals surface area (Å²) in [5, 5.41) is 9.29. The van der Waals surface area contributed by atoms with Gasteiger partial charge in [0.25, 0.3) is 0 Å². The van der Waals surface area contributed by atoms with Crippen molar-refractivity contribution in [1.82, 2.24) is 0 Å². The van der Waals surface area contributed by atoms with Crippen molar-refractivity contribution in [3.63, 3.8) is 0 Å². The lowest BCUT2D eigenvalue weighted by molar-refractivity contribution is -0.144. The molecule has 0 heterocycles. The lowest BCUT2D eigenvalue weighted by atomic mass is 10.1. The molecule has 2 heteroatoms. The molecule has 1 aliphatic carbocycles. The van der Waals surface area contributed by atoms with E-state index in [0.717, 1.165) is 0 Å². The van der Waals surface area contributed by atoms with Gasteiger partial charge in [-0.25, -0.2) is 0 Å². The molecule has 1 N–H and O–H groups in total. The van der Waals surface area contributed by atoms with Gasteiger partial charge >= 0.3 is 0 Å². The molecule has 0 saturated heterocycles. The first-order valence-corrected chi connectivity index (χ1v) is 2.79. The van der Waals surface area contributed by atoms with E-state index in [1.807, 2.05) is 0 Å². The average Bonchev–Trinajstić information content (AvgIpc) is 1.90. The molecule has 1 atom stereocenters. The second kappa shape index (κ2) is 2.33. The highest BCUT2D eigenvalue weighted by Crippen LogP contribution is 2.16. The predicted molar refractivity (Wildman–Crippen MR) is 33.5 cm³/mol. The summed E-state index contributed by atoms with van der Waals surface area (Å²) < 4.78 is 4.76. The van der Waals surface area contributed by atoms with Gasteiger partial charge in [0.1, 0.15) is 0 Å². The minimum atomic E-state index is -1.10. The van der Waals surface area contributed by atoms with E-state index in [9.17, 15) is 5.11 Å². The SMILES string of the molecule is COC1(O)C=CC=[C]C1. The summed E-state index contributed by atoms with van der Waals surface area (Å²) in [7, 11) is 1.47. The van der Waals surface area contributed by atoms with Gasteiger partial charge in [0.05, 0.1) is 0 Å². The van der Waals surface area contributed by atoms with Crippen molar-refractivity contribution in [2.24, 2.45) is 0 Å². The van der Waals surface area contributed by atoms with Crippen molar-refractivity contribution in [2.75, 3.05) is 7.11 Å². The van der Waals surface area contributed by atoms with E-state index in [1.54, 1.807) is 18.2 Å². The van der Waals surface area contributed by atoms with E-state index in [0.29, 0.717) is 6.42 Å². The number of aliphatic hydroxyl groups is 1. The third-order valence-electron chi connectivity index (χ3n) is 1.28. The molecule has 0 saturated carbocycles. The molecule has 0 fully saturated rings. The highest BCUT2D eigenvalue weighted by atomic mass is 16.6. The molecule has 1 aliphatic rings. The molecule has 0 amide bonds. The quantitative estimate of drug-likeness (QED) is 0.521. The zero-order valence-corrected chi connectivity index (χ0v) is 5.29. The monoisotopic (exact) mass is 125 g/mol. The summed E-state index contributed by atoms with van der Waals surface area (Å²) in [6.07, 6.45) is 8.33. The van der Waals surface area contributed by atoms with Crippen molar-refractivity contribution in [1.29, 1.82) is 0 Å². The molecule has 1 unspecified atom stereocenters. The first kappa shape index (κ1) is 6.52. The Balaban J connectivity index is 2.63. The Morgan fingerprint density at radius 3 is 2.89 bits per heavy atom. The summed E-state index contributed by atoms with van der Waals surface area (Å²) in [6, 6.07) is 0. The van der Waals surface area contributed by atoms with Crippen LogP contribution < -0.4 is 0 Å². The van der Waals surface area contributed by atoms with Crippen molar-refractivity contribution < 1.29 is 9.84 Å². The smallest absolute Gasteiger partial charge is 0.189 e. The summed E-state index contributed by atoms with van der Waals surface area (Å²) in [6.45, 7) is 0. The second-order valence-corrected chi connectivity index (χ2v) is 1.96. The minimum absolute atomic E-state index is 0.417. The Kier molecular flexibility index (Phi) is 1.69. The lowest BCUT2D eigenvalue weighted by Gasteiger charge is -2.21. The molecular formula is C7H9O2. The first-order chi connectivity index (χ1) is 4.27. The number of methoxy groups -OCH3 is 1. The number of allylic oxidation sites excluding steroid dienone is 2. The van der Waals surface area contributed by atoms with Gasteiger partial charge in [0, 0.05) is 13.5 Å². The molecule has 1 rings (SSSR count). The molecule has 49 valence electrons. The van der Waals surface area contributed by atoms with Crippen LogP contribution in [-0.2, 0) is 4.74 Å². The predicted octanol–water partition coefficient (Wildman–Crippen LogP) is 0.641. The van der Waals surface area contributed by atoms with Gasteiger partial charge in [-0.15, -0.1) is 0 Å². The van der Waals surface area contributed by atoms with Crippen LogP contribution in [0.2, 0.25) is 0 Å². The van der Waals surface area contributed by atoms with Crippen LogP contribution in [0, 0.1) is 6.08 Å². The zero-order valence-electron chi connectivity index (χ0n) is 5.29. The first-order valence-electron chi connectivity index (χ1n) is 2.79. The Morgan fingerprint density at radius 1 is 1.78 bits per heavy atom. The molecule has 2 nitrogen and oxygen atoms in total. The maximum atomic E-state index is 9.29. The average molecular weight is 125 g/mol. The van der Waals surface area contributed by atoms with E-state index in [4.69, 9.17) is 4.74 Å². The fraction of sp³-hybridized carbons (Fsp3) is 0.429. The largest absolute Gasteiger partial charge is 0.362 e. The summed E-state index contributed by atoms with van der Waals surface area (Å²) in [5.74, 6) is -1.10. The van der Waals surface area contributed by atoms with Crippen molar-refractivity contribution in [3.05, 3.63) is 24.3 Å². The third-order valence-corrected chi connectivity index (χ3v) is 1.28. The van der Waals surface area contributed by atoms with E-state index >= 15 is 0 Å². The maximum Gasteiger partial charge on any atom is 0.189 e. The Hall–Kier alpha value is -0.600. The summed E-state index contributed by atoms with van der Waals surface area (Å²) >= 11 is 0. The second-order valence-electron chi connectivity index (χ2n) is 1.96. The summed E-state index contributed by atoms with van der Waals surface area (Å²) in [4.78, 5) is 0. The molecule has 1 radical (unpaired) electrons. The molecule has 0 aliphatic heterocycles. The van der Waals surface area contributed by atoms with Crippen LogP contribution in [0.3, 0.4) is 0 Å². The van der Waals surface area contributed by atoms with Gasteiger partial charge < -0.3 is 9.84 Å². The number of ether oxygens (including phenoxy) is 1. The highest BCUT2D eigenvalue weighted by Gasteiger charge is 2.21. The Morgan fingerprint density at radius 2 is 2.56 bits per heavy atom. The fourth-order valence-corrected chi connectivity index (χ4v) is 0.671. The van der Waals surface area contributed by atoms with Crippen molar-refractivity contribution >= 4 is 0 Å². The van der Waals surface area contributed by atoms with Crippen LogP contribution in [0.15, 0.2) is 18.2 Å². The molecule has 0 aromatic heterocycles. The summed E-state index contributed by atoms with van der Waals surface area (Å²) in [5.41, 5.74) is 0. The van der Waals surface area contributed by atoms with Crippen LogP contribution >= 0.6 is 0 Å². The molecule has 0 aromatic carbocycles. The highest BCUT2D eigenvalue weighted by molar-refractivity contribution is 5.11. The Labute approximate surface area is 54.5 Å². The van der Waals surface area contributed by atoms with Gasteiger partial charge in [-0.1, -0.05) is 12.2 Å². The minimum Gasteiger partial charge on any atom is -0.362 e. The molecular weight excluding hydrogens is 116 g/mol. The van der Waals surface area contributed by atoms with Crippen LogP contribution in [0.25, 0.3) is 0 Å². The van der Waals surface area contributed by atoms with E-state index in [2.05, 4.69) is 6.08 Å². The third kappa shape index (κ3) is 1.40. The molecule has 0 aromatic rings. The standard InChI is InChI=1S/C7H9O2/c1-9-7(8)5-3-2-4-6-7/h2-3,5,8H,6H2,1H3. The van der Waals surface area contributed by atoms with Gasteiger partial charge in [-0.3, -0.25) is 0 Å².